The highest BCUT2D eigenvalue weighted by Gasteiger charge is 2.68. The Balaban J connectivity index is 0.000000197. The number of likely N-dealkylation sites (N-methyl/N-ethyl adjacent to an activating group) is 1. The standard InChI is InChI=1S/C22H24N2O8.C13H12F2N6O/c1-7-8-5-4-6-9(25)11(8)16(26)12-10(7)17(27)14-15(24(2)3)18(28)13(21(23)31)20(30)22(14,32)19(12)29;14-10-1-2-11(12(15)3-10)13(22,4-20-8-16-6-18-20)5-21-9-17-7-19-21/h4-7,10,14-15,17,25-27,30,32H,1-3H3,(H2,23,31);1-3,6-9,22H,4-5H2/t7-,10+,14+,15-,17-,22-;/m0./s1. The third-order valence-electron chi connectivity index (χ3n) is 10.2. The Morgan fingerprint density at radius 1 is 1.02 bits per heavy atom. The van der Waals surface area contributed by atoms with Gasteiger partial charge < -0.3 is 36.4 Å². The number of phenolic OH excluding ortho intramolecular Hbond substituents is 1. The van der Waals surface area contributed by atoms with Crippen molar-refractivity contribution in [3.05, 3.63) is 107 Å². The van der Waals surface area contributed by atoms with Crippen LogP contribution in [0.25, 0.3) is 5.76 Å². The average Bonchev–Trinajstić information content (AvgIpc) is 3.81. The van der Waals surface area contributed by atoms with Crippen LogP contribution in [-0.4, -0.2) is 114 Å². The predicted octanol–water partition coefficient (Wildman–Crippen LogP) is 0.232. The molecule has 2 aromatic heterocycles. The third kappa shape index (κ3) is 5.99. The number of rotatable bonds is 7. The summed E-state index contributed by atoms with van der Waals surface area (Å²) < 4.78 is 29.9. The zero-order chi connectivity index (χ0) is 39.4. The minimum Gasteiger partial charge on any atom is -0.508 e. The van der Waals surface area contributed by atoms with Crippen molar-refractivity contribution < 1.29 is 53.8 Å². The summed E-state index contributed by atoms with van der Waals surface area (Å²) in [6, 6.07) is 6.15. The molecule has 3 aliphatic carbocycles. The van der Waals surface area contributed by atoms with Crippen LogP contribution in [0.3, 0.4) is 0 Å². The fourth-order valence-corrected chi connectivity index (χ4v) is 7.83. The number of aromatic hydroxyl groups is 1. The van der Waals surface area contributed by atoms with Crippen LogP contribution >= 0.6 is 0 Å². The number of aromatic nitrogens is 6. The first-order valence-electron chi connectivity index (χ1n) is 16.4. The van der Waals surface area contributed by atoms with Crippen molar-refractivity contribution >= 4 is 23.2 Å². The van der Waals surface area contributed by atoms with E-state index in [1.165, 1.54) is 65.8 Å². The molecule has 0 spiro atoms. The minimum absolute atomic E-state index is 0.0245. The summed E-state index contributed by atoms with van der Waals surface area (Å²) in [4.78, 5) is 47.5. The SMILES string of the molecule is C[C@H]1c2cccc(O)c2C(O)=C2C(=O)[C@]3(O)C(O)=C(C(N)=O)C(=O)[C@@H](N(C)C)[C@@H]3[C@@H](O)[C@@H]21.OC(Cn1cncn1)(Cn1cncn1)c1ccc(F)cc1F. The Bertz CT molecular complexity index is 2150. The fourth-order valence-electron chi connectivity index (χ4n) is 7.83. The van der Waals surface area contributed by atoms with Gasteiger partial charge in [0.15, 0.2) is 11.4 Å². The lowest BCUT2D eigenvalue weighted by molar-refractivity contribution is -0.169. The lowest BCUT2D eigenvalue weighted by Crippen LogP contribution is -2.70. The summed E-state index contributed by atoms with van der Waals surface area (Å²) in [5.74, 6) is -10.4. The molecule has 54 heavy (non-hydrogen) atoms. The topological polar surface area (TPSA) is 263 Å². The molecule has 1 saturated carbocycles. The van der Waals surface area contributed by atoms with Gasteiger partial charge in [-0.1, -0.05) is 25.1 Å². The minimum atomic E-state index is -2.89. The van der Waals surface area contributed by atoms with E-state index in [4.69, 9.17) is 5.73 Å². The second-order valence-corrected chi connectivity index (χ2v) is 13.6. The van der Waals surface area contributed by atoms with Crippen LogP contribution in [0.5, 0.6) is 5.75 Å². The molecule has 2 aromatic carbocycles. The molecule has 1 fully saturated rings. The molecule has 0 aliphatic heterocycles. The van der Waals surface area contributed by atoms with E-state index in [-0.39, 0.29) is 30.0 Å². The number of carbonyl (C=O) groups excluding carboxylic acids is 3. The molecule has 284 valence electrons. The quantitative estimate of drug-likeness (QED) is 0.125. The van der Waals surface area contributed by atoms with Gasteiger partial charge in [0.2, 0.25) is 5.78 Å². The van der Waals surface area contributed by atoms with Crippen molar-refractivity contribution in [2.45, 2.75) is 49.3 Å². The number of aliphatic hydroxyl groups excluding tert-OH is 3. The molecule has 19 heteroatoms. The number of primary amides is 1. The van der Waals surface area contributed by atoms with Crippen LogP contribution in [0.2, 0.25) is 0 Å². The van der Waals surface area contributed by atoms with Crippen LogP contribution in [0.15, 0.2) is 78.6 Å². The normalized spacial score (nSPS) is 25.2. The number of aliphatic hydroxyl groups is 5. The van der Waals surface area contributed by atoms with Gasteiger partial charge in [-0.05, 0) is 37.7 Å². The second kappa shape index (κ2) is 13.8. The van der Waals surface area contributed by atoms with Gasteiger partial charge in [-0.15, -0.1) is 0 Å². The van der Waals surface area contributed by atoms with Crippen LogP contribution in [-0.2, 0) is 33.1 Å². The van der Waals surface area contributed by atoms with Crippen molar-refractivity contribution in [3.63, 3.8) is 0 Å². The van der Waals surface area contributed by atoms with E-state index in [1.807, 2.05) is 0 Å². The molecule has 4 aromatic rings. The van der Waals surface area contributed by atoms with E-state index < -0.39 is 92.9 Å². The molecule has 3 aliphatic rings. The summed E-state index contributed by atoms with van der Waals surface area (Å²) in [5, 5.41) is 73.7. The number of benzene rings is 2. The number of halogens is 2. The highest BCUT2D eigenvalue weighted by molar-refractivity contribution is 6.24. The van der Waals surface area contributed by atoms with E-state index >= 15 is 0 Å². The summed E-state index contributed by atoms with van der Waals surface area (Å²) in [5.41, 5.74) is -0.282. The molecule has 0 saturated heterocycles. The molecule has 17 nitrogen and oxygen atoms in total. The largest absolute Gasteiger partial charge is 0.508 e. The number of Topliss-reactive ketones (excluding diaryl/α,β-unsaturated/α-hetero) is 2. The second-order valence-electron chi connectivity index (χ2n) is 13.6. The number of amides is 1. The molecule has 6 atom stereocenters. The Hall–Kier alpha value is -5.89. The lowest BCUT2D eigenvalue weighted by atomic mass is 9.54. The van der Waals surface area contributed by atoms with Crippen LogP contribution < -0.4 is 5.73 Å². The van der Waals surface area contributed by atoms with E-state index in [1.54, 1.807) is 19.1 Å². The summed E-state index contributed by atoms with van der Waals surface area (Å²) in [7, 11) is 2.92. The van der Waals surface area contributed by atoms with Gasteiger partial charge in [0.25, 0.3) is 5.91 Å². The van der Waals surface area contributed by atoms with Gasteiger partial charge in [-0.25, -0.2) is 28.1 Å². The summed E-state index contributed by atoms with van der Waals surface area (Å²) in [6.45, 7) is 1.53. The van der Waals surface area contributed by atoms with Crippen LogP contribution in [0.1, 0.15) is 29.5 Å². The fraction of sp³-hybridized carbons (Fsp3) is 0.343. The highest BCUT2D eigenvalue weighted by atomic mass is 19.1. The molecule has 0 unspecified atom stereocenters. The lowest BCUT2D eigenvalue weighted by Gasteiger charge is -2.53. The Kier molecular flexibility index (Phi) is 9.69. The number of phenols is 1. The average molecular weight is 751 g/mol. The zero-order valence-corrected chi connectivity index (χ0v) is 28.9. The van der Waals surface area contributed by atoms with Gasteiger partial charge in [0, 0.05) is 23.1 Å². The number of nitrogens with zero attached hydrogens (tertiary/aromatic N) is 7. The monoisotopic (exact) mass is 750 g/mol. The molecule has 1 amide bonds. The Morgan fingerprint density at radius 2 is 1.63 bits per heavy atom. The van der Waals surface area contributed by atoms with E-state index in [9.17, 15) is 53.8 Å². The number of ketones is 2. The third-order valence-corrected chi connectivity index (χ3v) is 10.2. The number of fused-ring (bicyclic) bond motifs is 3. The van der Waals surface area contributed by atoms with Crippen molar-refractivity contribution in [3.8, 4) is 5.75 Å². The van der Waals surface area contributed by atoms with Crippen molar-refractivity contribution in [2.75, 3.05) is 14.1 Å². The molecule has 0 radical (unpaired) electrons. The highest BCUT2D eigenvalue weighted by Crippen LogP contribution is 2.56. The number of carbonyl (C=O) groups is 3. The van der Waals surface area contributed by atoms with Gasteiger partial charge in [-0.2, -0.15) is 10.2 Å². The van der Waals surface area contributed by atoms with Crippen molar-refractivity contribution in [2.24, 2.45) is 17.6 Å². The molecule has 2 heterocycles. The van der Waals surface area contributed by atoms with E-state index in [2.05, 4.69) is 20.2 Å². The van der Waals surface area contributed by atoms with Gasteiger partial charge in [0.1, 0.15) is 65.4 Å². The van der Waals surface area contributed by atoms with Crippen molar-refractivity contribution in [1.82, 2.24) is 34.4 Å². The number of hydrogen-bond donors (Lipinski definition) is 7. The first-order chi connectivity index (χ1) is 25.4. The number of hydrogen-bond acceptors (Lipinski definition) is 14. The van der Waals surface area contributed by atoms with E-state index in [0.717, 1.165) is 12.1 Å². The molecular formula is C35H36F2N8O9. The first kappa shape index (κ1) is 37.9. The first-order valence-corrected chi connectivity index (χ1v) is 16.4. The Labute approximate surface area is 304 Å². The smallest absolute Gasteiger partial charge is 0.255 e. The summed E-state index contributed by atoms with van der Waals surface area (Å²) in [6.07, 6.45) is 3.81. The maximum absolute atomic E-state index is 14.1. The molecule has 8 N–H and O–H groups in total. The van der Waals surface area contributed by atoms with Gasteiger partial charge >= 0.3 is 0 Å². The number of nitrogens with two attached hydrogens (primary N) is 1. The van der Waals surface area contributed by atoms with Crippen LogP contribution in [0, 0.1) is 23.5 Å². The summed E-state index contributed by atoms with van der Waals surface area (Å²) >= 11 is 0. The van der Waals surface area contributed by atoms with Crippen molar-refractivity contribution in [1.29, 1.82) is 0 Å². The van der Waals surface area contributed by atoms with Gasteiger partial charge in [0.05, 0.1) is 36.7 Å². The Morgan fingerprint density at radius 3 is 2.15 bits per heavy atom. The van der Waals surface area contributed by atoms with Gasteiger partial charge in [-0.3, -0.25) is 19.3 Å². The maximum Gasteiger partial charge on any atom is 0.255 e. The molecule has 7 rings (SSSR count). The van der Waals surface area contributed by atoms with E-state index in [0.29, 0.717) is 5.56 Å². The molecular weight excluding hydrogens is 714 g/mol. The molecule has 0 bridgehead atoms. The van der Waals surface area contributed by atoms with Crippen LogP contribution in [0.4, 0.5) is 8.78 Å². The zero-order valence-electron chi connectivity index (χ0n) is 28.9. The maximum atomic E-state index is 14.1. The predicted molar refractivity (Wildman–Crippen MR) is 181 cm³/mol.